The molecule has 0 aliphatic carbocycles. The van der Waals surface area contributed by atoms with Gasteiger partial charge in [0, 0.05) is 12.1 Å². The zero-order valence-corrected chi connectivity index (χ0v) is 9.57. The fraction of sp³-hybridized carbons (Fsp3) is 0.727. The number of hydrogen-bond acceptors (Lipinski definition) is 4. The molecule has 3 rings (SSSR count). The van der Waals surface area contributed by atoms with E-state index in [0.29, 0.717) is 0 Å². The molecule has 2 fully saturated rings. The second-order valence-electron chi connectivity index (χ2n) is 4.90. The summed E-state index contributed by atoms with van der Waals surface area (Å²) in [5, 5.41) is 13.6. The van der Waals surface area contributed by atoms with Crippen molar-refractivity contribution in [1.29, 1.82) is 0 Å². The number of fused-ring (bicyclic) bond motifs is 2. The van der Waals surface area contributed by atoms with Gasteiger partial charge in [-0.25, -0.2) is 9.67 Å². The van der Waals surface area contributed by atoms with Crippen LogP contribution in [-0.2, 0) is 11.3 Å². The van der Waals surface area contributed by atoms with Gasteiger partial charge in [-0.2, -0.15) is 5.10 Å². The minimum Gasteiger partial charge on any atom is -0.393 e. The predicted molar refractivity (Wildman–Crippen MR) is 58.9 cm³/mol. The minimum atomic E-state index is -0.233. The molecule has 0 saturated carbocycles. The number of nitrogens with zero attached hydrogens (tertiary/aromatic N) is 4. The topological polar surface area (TPSA) is 71.2 Å². The van der Waals surface area contributed by atoms with Gasteiger partial charge in [0.05, 0.1) is 6.10 Å². The molecule has 1 amide bonds. The molecule has 0 aromatic carbocycles. The van der Waals surface area contributed by atoms with Crippen LogP contribution in [0.2, 0.25) is 0 Å². The van der Waals surface area contributed by atoms with Gasteiger partial charge in [-0.15, -0.1) is 0 Å². The van der Waals surface area contributed by atoms with Crippen molar-refractivity contribution in [1.82, 2.24) is 19.7 Å². The van der Waals surface area contributed by atoms with E-state index in [1.165, 1.54) is 6.33 Å². The Morgan fingerprint density at radius 1 is 1.35 bits per heavy atom. The number of carbonyl (C=O) groups is 1. The van der Waals surface area contributed by atoms with Gasteiger partial charge in [0.1, 0.15) is 19.2 Å². The lowest BCUT2D eigenvalue weighted by Gasteiger charge is -2.37. The molecule has 3 heterocycles. The van der Waals surface area contributed by atoms with Crippen LogP contribution in [0.4, 0.5) is 0 Å². The molecule has 2 unspecified atom stereocenters. The van der Waals surface area contributed by atoms with E-state index in [1.807, 2.05) is 4.90 Å². The molecule has 6 heteroatoms. The highest BCUT2D eigenvalue weighted by Crippen LogP contribution is 2.35. The Labute approximate surface area is 99.2 Å². The number of amides is 1. The molecule has 2 atom stereocenters. The van der Waals surface area contributed by atoms with Gasteiger partial charge < -0.3 is 10.0 Å². The second-order valence-corrected chi connectivity index (χ2v) is 4.90. The average Bonchev–Trinajstić information content (AvgIpc) is 2.86. The number of carbonyl (C=O) groups excluding carboxylic acids is 1. The van der Waals surface area contributed by atoms with Crippen LogP contribution in [0.3, 0.4) is 0 Å². The summed E-state index contributed by atoms with van der Waals surface area (Å²) in [5.74, 6) is 0.0925. The molecule has 6 nitrogen and oxygen atoms in total. The van der Waals surface area contributed by atoms with E-state index in [0.717, 1.165) is 25.7 Å². The van der Waals surface area contributed by atoms with E-state index in [2.05, 4.69) is 10.1 Å². The number of piperidine rings is 1. The third-order valence-corrected chi connectivity index (χ3v) is 3.76. The third-order valence-electron chi connectivity index (χ3n) is 3.76. The highest BCUT2D eigenvalue weighted by Gasteiger charge is 2.42. The molecule has 1 aromatic heterocycles. The monoisotopic (exact) mass is 236 g/mol. The Hall–Kier alpha value is -1.43. The standard InChI is InChI=1S/C11H16N4O2/c16-10-3-8-1-2-9(4-10)15(8)11(17)5-14-7-12-6-13-14/h6-10,16H,1-5H2. The lowest BCUT2D eigenvalue weighted by Crippen LogP contribution is -2.49. The van der Waals surface area contributed by atoms with Crippen molar-refractivity contribution in [3.05, 3.63) is 12.7 Å². The number of rotatable bonds is 2. The third kappa shape index (κ3) is 1.93. The van der Waals surface area contributed by atoms with Crippen LogP contribution >= 0.6 is 0 Å². The van der Waals surface area contributed by atoms with E-state index < -0.39 is 0 Å². The summed E-state index contributed by atoms with van der Waals surface area (Å²) in [6.07, 6.45) is 6.23. The largest absolute Gasteiger partial charge is 0.393 e. The second kappa shape index (κ2) is 4.10. The molecule has 2 saturated heterocycles. The highest BCUT2D eigenvalue weighted by molar-refractivity contribution is 5.77. The lowest BCUT2D eigenvalue weighted by molar-refractivity contribution is -0.138. The molecule has 0 radical (unpaired) electrons. The average molecular weight is 236 g/mol. The van der Waals surface area contributed by atoms with Gasteiger partial charge in [0.15, 0.2) is 0 Å². The molecule has 2 aliphatic rings. The van der Waals surface area contributed by atoms with Crippen LogP contribution in [-0.4, -0.2) is 48.9 Å². The van der Waals surface area contributed by atoms with Gasteiger partial charge in [-0.05, 0) is 25.7 Å². The first-order valence-corrected chi connectivity index (χ1v) is 6.05. The summed E-state index contributed by atoms with van der Waals surface area (Å²) in [5.41, 5.74) is 0. The molecular weight excluding hydrogens is 220 g/mol. The van der Waals surface area contributed by atoms with Crippen molar-refractivity contribution in [2.45, 2.75) is 50.4 Å². The van der Waals surface area contributed by atoms with Crippen molar-refractivity contribution < 1.29 is 9.90 Å². The van der Waals surface area contributed by atoms with E-state index in [1.54, 1.807) is 11.0 Å². The smallest absolute Gasteiger partial charge is 0.244 e. The summed E-state index contributed by atoms with van der Waals surface area (Å²) in [7, 11) is 0. The van der Waals surface area contributed by atoms with Gasteiger partial charge in [-0.1, -0.05) is 0 Å². The fourth-order valence-electron chi connectivity index (χ4n) is 3.09. The molecule has 2 aliphatic heterocycles. The Morgan fingerprint density at radius 2 is 2.06 bits per heavy atom. The van der Waals surface area contributed by atoms with Crippen LogP contribution in [0.25, 0.3) is 0 Å². The first-order valence-electron chi connectivity index (χ1n) is 6.05. The van der Waals surface area contributed by atoms with Crippen molar-refractivity contribution in [2.24, 2.45) is 0 Å². The fourth-order valence-corrected chi connectivity index (χ4v) is 3.09. The summed E-state index contributed by atoms with van der Waals surface area (Å²) in [6.45, 7) is 0.253. The van der Waals surface area contributed by atoms with Gasteiger partial charge >= 0.3 is 0 Å². The van der Waals surface area contributed by atoms with Crippen molar-refractivity contribution in [2.75, 3.05) is 0 Å². The molecule has 1 aromatic rings. The number of aliphatic hydroxyl groups excluding tert-OH is 1. The highest BCUT2D eigenvalue weighted by atomic mass is 16.3. The van der Waals surface area contributed by atoms with Crippen LogP contribution in [0, 0.1) is 0 Å². The molecule has 17 heavy (non-hydrogen) atoms. The predicted octanol–water partition coefficient (Wildman–Crippen LogP) is -0.208. The molecule has 0 spiro atoms. The number of aliphatic hydroxyl groups is 1. The van der Waals surface area contributed by atoms with E-state index in [-0.39, 0.29) is 30.6 Å². The van der Waals surface area contributed by atoms with Crippen LogP contribution in [0.1, 0.15) is 25.7 Å². The lowest BCUT2D eigenvalue weighted by atomic mass is 10.00. The van der Waals surface area contributed by atoms with Crippen LogP contribution in [0.15, 0.2) is 12.7 Å². The SMILES string of the molecule is O=C(Cn1cncn1)N1C2CCC1CC(O)C2. The van der Waals surface area contributed by atoms with Gasteiger partial charge in [0.2, 0.25) is 5.91 Å². The molecule has 92 valence electrons. The summed E-state index contributed by atoms with van der Waals surface area (Å²) in [6, 6.07) is 0.444. The van der Waals surface area contributed by atoms with E-state index in [9.17, 15) is 9.90 Å². The van der Waals surface area contributed by atoms with Crippen LogP contribution < -0.4 is 0 Å². The van der Waals surface area contributed by atoms with Gasteiger partial charge in [0.25, 0.3) is 0 Å². The Balaban J connectivity index is 1.70. The minimum absolute atomic E-state index is 0.0925. The molecule has 2 bridgehead atoms. The van der Waals surface area contributed by atoms with Crippen molar-refractivity contribution >= 4 is 5.91 Å². The Kier molecular flexibility index (Phi) is 2.58. The van der Waals surface area contributed by atoms with Crippen molar-refractivity contribution in [3.8, 4) is 0 Å². The normalized spacial score (nSPS) is 31.8. The summed E-state index contributed by atoms with van der Waals surface area (Å²) in [4.78, 5) is 18.0. The first kappa shape index (κ1) is 10.7. The quantitative estimate of drug-likeness (QED) is 0.771. The maximum atomic E-state index is 12.2. The Morgan fingerprint density at radius 3 is 2.65 bits per heavy atom. The Bertz CT molecular complexity index is 392. The van der Waals surface area contributed by atoms with Crippen LogP contribution in [0.5, 0.6) is 0 Å². The maximum absolute atomic E-state index is 12.2. The zero-order valence-electron chi connectivity index (χ0n) is 9.57. The van der Waals surface area contributed by atoms with Crippen molar-refractivity contribution in [3.63, 3.8) is 0 Å². The first-order chi connectivity index (χ1) is 8.24. The summed E-state index contributed by atoms with van der Waals surface area (Å²) < 4.78 is 1.55. The molecule has 1 N–H and O–H groups in total. The van der Waals surface area contributed by atoms with E-state index in [4.69, 9.17) is 0 Å². The summed E-state index contributed by atoms with van der Waals surface area (Å²) >= 11 is 0. The van der Waals surface area contributed by atoms with E-state index >= 15 is 0 Å². The maximum Gasteiger partial charge on any atom is 0.244 e. The number of aromatic nitrogens is 3. The molecular formula is C11H16N4O2. The number of hydrogen-bond donors (Lipinski definition) is 1. The zero-order chi connectivity index (χ0) is 11.8. The van der Waals surface area contributed by atoms with Gasteiger partial charge in [-0.3, -0.25) is 4.79 Å².